The monoisotopic (exact) mass is 401 g/mol. The maximum atomic E-state index is 12.9. The van der Waals surface area contributed by atoms with Gasteiger partial charge in [-0.1, -0.05) is 0 Å². The maximum Gasteiger partial charge on any atom is 0.340 e. The van der Waals surface area contributed by atoms with Crippen LogP contribution in [-0.4, -0.2) is 38.2 Å². The van der Waals surface area contributed by atoms with E-state index in [2.05, 4.69) is 10.3 Å². The lowest BCUT2D eigenvalue weighted by molar-refractivity contribution is 0.0601. The number of aromatic nitrogens is 1. The van der Waals surface area contributed by atoms with E-state index < -0.39 is 11.9 Å². The third-order valence-corrected chi connectivity index (χ3v) is 5.23. The molecule has 0 unspecified atom stereocenters. The Hall–Kier alpha value is -3.33. The van der Waals surface area contributed by atoms with Crippen LogP contribution in [0.4, 0.5) is 11.4 Å². The number of rotatable bonds is 5. The van der Waals surface area contributed by atoms with Crippen molar-refractivity contribution in [3.63, 3.8) is 0 Å². The number of esters is 1. The number of fused-ring (bicyclic) bond motifs is 1. The first-order chi connectivity index (χ1) is 13.4. The topological polar surface area (TPSA) is 113 Å². The Morgan fingerprint density at radius 3 is 2.43 bits per heavy atom. The van der Waals surface area contributed by atoms with E-state index in [4.69, 9.17) is 19.9 Å². The van der Waals surface area contributed by atoms with Gasteiger partial charge in [-0.3, -0.25) is 4.79 Å². The number of nitrogen functional groups attached to an aromatic ring is 1. The summed E-state index contributed by atoms with van der Waals surface area (Å²) in [6.07, 6.45) is 0. The number of carbonyl (C=O) groups excluding carboxylic acids is 2. The minimum absolute atomic E-state index is 0.127. The summed E-state index contributed by atoms with van der Waals surface area (Å²) in [6, 6.07) is 6.60. The third-order valence-electron chi connectivity index (χ3n) is 4.12. The Morgan fingerprint density at radius 1 is 1.11 bits per heavy atom. The van der Waals surface area contributed by atoms with Crippen LogP contribution in [0.3, 0.4) is 0 Å². The number of nitrogens with zero attached hydrogens (tertiary/aromatic N) is 1. The molecule has 3 aromatic rings. The minimum Gasteiger partial charge on any atom is -0.493 e. The predicted octanol–water partition coefficient (Wildman–Crippen LogP) is 3.24. The van der Waals surface area contributed by atoms with Crippen molar-refractivity contribution in [3.05, 3.63) is 40.4 Å². The Kier molecular flexibility index (Phi) is 5.36. The zero-order chi connectivity index (χ0) is 20.4. The number of ether oxygens (including phenoxy) is 3. The number of pyridine rings is 1. The first-order valence-electron chi connectivity index (χ1n) is 8.20. The Labute approximate surface area is 165 Å². The zero-order valence-electron chi connectivity index (χ0n) is 15.8. The molecule has 0 radical (unpaired) electrons. The lowest BCUT2D eigenvalue weighted by Gasteiger charge is -2.14. The summed E-state index contributed by atoms with van der Waals surface area (Å²) < 4.78 is 15.3. The van der Waals surface area contributed by atoms with Crippen LogP contribution in [0.25, 0.3) is 10.2 Å². The van der Waals surface area contributed by atoms with Gasteiger partial charge in [0.25, 0.3) is 5.91 Å². The van der Waals surface area contributed by atoms with E-state index in [1.54, 1.807) is 0 Å². The predicted molar refractivity (Wildman–Crippen MR) is 108 cm³/mol. The van der Waals surface area contributed by atoms with E-state index in [1.165, 1.54) is 44.8 Å². The molecule has 3 rings (SSSR count). The summed E-state index contributed by atoms with van der Waals surface area (Å²) in [4.78, 5) is 30.4. The molecule has 2 aromatic heterocycles. The van der Waals surface area contributed by atoms with Crippen LogP contribution in [-0.2, 0) is 4.74 Å². The Bertz CT molecular complexity index is 1080. The van der Waals surface area contributed by atoms with Gasteiger partial charge in [-0.15, -0.1) is 11.3 Å². The van der Waals surface area contributed by atoms with Gasteiger partial charge in [-0.25, -0.2) is 9.78 Å². The largest absolute Gasteiger partial charge is 0.493 e. The molecular weight excluding hydrogens is 382 g/mol. The lowest BCUT2D eigenvalue weighted by Crippen LogP contribution is -2.16. The highest BCUT2D eigenvalue weighted by atomic mass is 32.1. The van der Waals surface area contributed by atoms with Crippen molar-refractivity contribution in [3.8, 4) is 11.5 Å². The van der Waals surface area contributed by atoms with E-state index in [1.807, 2.05) is 19.1 Å². The highest BCUT2D eigenvalue weighted by molar-refractivity contribution is 7.21. The number of thiophene rings is 1. The van der Waals surface area contributed by atoms with Gasteiger partial charge < -0.3 is 25.3 Å². The molecule has 0 aliphatic carbocycles. The number of nitrogens with two attached hydrogens (primary N) is 1. The number of hydrogen-bond donors (Lipinski definition) is 2. The summed E-state index contributed by atoms with van der Waals surface area (Å²) >= 11 is 1.18. The quantitative estimate of drug-likeness (QED) is 0.631. The number of nitrogens with one attached hydrogen (secondary N) is 1. The fourth-order valence-corrected chi connectivity index (χ4v) is 3.73. The number of anilines is 2. The second-order valence-corrected chi connectivity index (χ2v) is 6.85. The molecule has 3 N–H and O–H groups in total. The molecular formula is C19H19N3O5S. The molecule has 9 heteroatoms. The zero-order valence-corrected chi connectivity index (χ0v) is 16.6. The van der Waals surface area contributed by atoms with Crippen LogP contribution < -0.4 is 20.5 Å². The van der Waals surface area contributed by atoms with E-state index in [0.717, 1.165) is 5.69 Å². The normalized spacial score (nSPS) is 10.6. The van der Waals surface area contributed by atoms with E-state index in [0.29, 0.717) is 32.3 Å². The first kappa shape index (κ1) is 19.4. The minimum atomic E-state index is -0.627. The van der Waals surface area contributed by atoms with Crippen molar-refractivity contribution < 1.29 is 23.8 Å². The molecule has 0 bridgehead atoms. The lowest BCUT2D eigenvalue weighted by atomic mass is 10.1. The molecule has 1 aromatic carbocycles. The molecule has 1 amide bonds. The van der Waals surface area contributed by atoms with Gasteiger partial charge in [0.15, 0.2) is 11.5 Å². The van der Waals surface area contributed by atoms with Crippen LogP contribution >= 0.6 is 11.3 Å². The summed E-state index contributed by atoms with van der Waals surface area (Å²) in [6.45, 7) is 1.86. The SMILES string of the molecule is COC(=O)c1cc(OC)c(OC)cc1NC(=O)c1sc2nc(C)ccc2c1N. The molecule has 0 saturated heterocycles. The Morgan fingerprint density at radius 2 is 1.79 bits per heavy atom. The van der Waals surface area contributed by atoms with E-state index in [9.17, 15) is 9.59 Å². The van der Waals surface area contributed by atoms with Crippen LogP contribution in [0, 0.1) is 6.92 Å². The molecule has 0 spiro atoms. The van der Waals surface area contributed by atoms with Crippen molar-refractivity contribution >= 4 is 44.8 Å². The second-order valence-electron chi connectivity index (χ2n) is 5.85. The van der Waals surface area contributed by atoms with Crippen molar-refractivity contribution in [2.75, 3.05) is 32.4 Å². The second kappa shape index (κ2) is 7.73. The molecule has 0 atom stereocenters. The maximum absolute atomic E-state index is 12.9. The number of aryl methyl sites for hydroxylation is 1. The number of carbonyl (C=O) groups is 2. The molecule has 146 valence electrons. The summed E-state index contributed by atoms with van der Waals surface area (Å²) in [5, 5.41) is 3.42. The van der Waals surface area contributed by atoms with Crippen molar-refractivity contribution in [1.29, 1.82) is 0 Å². The van der Waals surface area contributed by atoms with Gasteiger partial charge in [0, 0.05) is 23.2 Å². The first-order valence-corrected chi connectivity index (χ1v) is 9.02. The molecule has 28 heavy (non-hydrogen) atoms. The average molecular weight is 401 g/mol. The van der Waals surface area contributed by atoms with Crippen molar-refractivity contribution in [1.82, 2.24) is 4.98 Å². The van der Waals surface area contributed by atoms with Gasteiger partial charge in [-0.2, -0.15) is 0 Å². The molecule has 0 aliphatic heterocycles. The van der Waals surface area contributed by atoms with Gasteiger partial charge >= 0.3 is 5.97 Å². The average Bonchev–Trinajstić information content (AvgIpc) is 3.02. The Balaban J connectivity index is 2.04. The van der Waals surface area contributed by atoms with Crippen LogP contribution in [0.2, 0.25) is 0 Å². The number of hydrogen-bond acceptors (Lipinski definition) is 8. The summed E-state index contributed by atoms with van der Waals surface area (Å²) in [5.74, 6) is -0.401. The van der Waals surface area contributed by atoms with Crippen LogP contribution in [0.15, 0.2) is 24.3 Å². The van der Waals surface area contributed by atoms with Gasteiger partial charge in [0.1, 0.15) is 9.71 Å². The van der Waals surface area contributed by atoms with Gasteiger partial charge in [0.05, 0.1) is 38.3 Å². The highest BCUT2D eigenvalue weighted by Gasteiger charge is 2.22. The van der Waals surface area contributed by atoms with Crippen molar-refractivity contribution in [2.45, 2.75) is 6.92 Å². The van der Waals surface area contributed by atoms with Gasteiger partial charge in [0.2, 0.25) is 0 Å². The molecule has 8 nitrogen and oxygen atoms in total. The summed E-state index contributed by atoms with van der Waals surface area (Å²) in [7, 11) is 4.16. The van der Waals surface area contributed by atoms with E-state index >= 15 is 0 Å². The number of methoxy groups -OCH3 is 3. The fraction of sp³-hybridized carbons (Fsp3) is 0.211. The smallest absolute Gasteiger partial charge is 0.340 e. The third kappa shape index (κ3) is 3.44. The fourth-order valence-electron chi connectivity index (χ4n) is 2.70. The van der Waals surface area contributed by atoms with Crippen molar-refractivity contribution in [2.24, 2.45) is 0 Å². The molecule has 0 saturated carbocycles. The molecule has 0 fully saturated rings. The standard InChI is InChI=1S/C19H19N3O5S/c1-9-5-6-10-15(20)16(28-18(10)21-9)17(23)22-12-8-14(26-3)13(25-2)7-11(12)19(24)27-4/h5-8H,20H2,1-4H3,(H,22,23). The summed E-state index contributed by atoms with van der Waals surface area (Å²) in [5.41, 5.74) is 7.65. The molecule has 0 aliphatic rings. The van der Waals surface area contributed by atoms with E-state index in [-0.39, 0.29) is 11.3 Å². The highest BCUT2D eigenvalue weighted by Crippen LogP contribution is 2.36. The number of benzene rings is 1. The molecule has 2 heterocycles. The van der Waals surface area contributed by atoms with Gasteiger partial charge in [-0.05, 0) is 19.1 Å². The van der Waals surface area contributed by atoms with Crippen LogP contribution in [0.1, 0.15) is 25.7 Å². The van der Waals surface area contributed by atoms with Crippen LogP contribution in [0.5, 0.6) is 11.5 Å². The number of amides is 1.